The van der Waals surface area contributed by atoms with Crippen LogP contribution in [0.25, 0.3) is 0 Å². The monoisotopic (exact) mass is 284 g/mol. The van der Waals surface area contributed by atoms with Gasteiger partial charge in [-0.2, -0.15) is 5.10 Å². The van der Waals surface area contributed by atoms with Gasteiger partial charge in [-0.15, -0.1) is 0 Å². The summed E-state index contributed by atoms with van der Waals surface area (Å²) in [6.45, 7) is 7.72. The minimum atomic E-state index is -0.425. The number of ether oxygens (including phenoxy) is 1. The van der Waals surface area contributed by atoms with Crippen LogP contribution in [0, 0.1) is 10.1 Å². The third-order valence-corrected chi connectivity index (χ3v) is 2.61. The largest absolute Gasteiger partial charge is 0.462 e. The SMILES string of the molecule is CC(C)(C)OC=O.O=[N+]([O-])c1cnn(C2CCNC2)c1. The Bertz CT molecular complexity index is 447. The van der Waals surface area contributed by atoms with Crippen molar-refractivity contribution in [3.8, 4) is 0 Å². The molecule has 1 fully saturated rings. The molecule has 2 heterocycles. The molecule has 1 atom stereocenters. The van der Waals surface area contributed by atoms with Gasteiger partial charge in [0.2, 0.25) is 0 Å². The summed E-state index contributed by atoms with van der Waals surface area (Å²) in [7, 11) is 0. The predicted molar refractivity (Wildman–Crippen MR) is 72.3 cm³/mol. The molecule has 1 aromatic heterocycles. The molecule has 0 spiro atoms. The molecular weight excluding hydrogens is 264 g/mol. The lowest BCUT2D eigenvalue weighted by Gasteiger charge is -2.14. The van der Waals surface area contributed by atoms with E-state index in [9.17, 15) is 14.9 Å². The van der Waals surface area contributed by atoms with Crippen molar-refractivity contribution in [2.24, 2.45) is 0 Å². The summed E-state index contributed by atoms with van der Waals surface area (Å²) >= 11 is 0. The highest BCUT2D eigenvalue weighted by molar-refractivity contribution is 5.37. The van der Waals surface area contributed by atoms with E-state index in [2.05, 4.69) is 15.2 Å². The number of carbonyl (C=O) groups excluding carboxylic acids is 1. The van der Waals surface area contributed by atoms with E-state index in [0.29, 0.717) is 6.47 Å². The van der Waals surface area contributed by atoms with Gasteiger partial charge in [-0.25, -0.2) is 0 Å². The highest BCUT2D eigenvalue weighted by atomic mass is 16.6. The lowest BCUT2D eigenvalue weighted by Crippen LogP contribution is -2.17. The van der Waals surface area contributed by atoms with Gasteiger partial charge in [0.15, 0.2) is 0 Å². The molecule has 0 radical (unpaired) electrons. The third-order valence-electron chi connectivity index (χ3n) is 2.61. The van der Waals surface area contributed by atoms with Crippen LogP contribution >= 0.6 is 0 Å². The molecular formula is C12H20N4O4. The van der Waals surface area contributed by atoms with Crippen molar-refractivity contribution < 1.29 is 14.5 Å². The fourth-order valence-corrected chi connectivity index (χ4v) is 1.63. The zero-order chi connectivity index (χ0) is 15.2. The Labute approximate surface area is 117 Å². The quantitative estimate of drug-likeness (QED) is 0.510. The number of nitrogens with one attached hydrogen (secondary N) is 1. The van der Waals surface area contributed by atoms with E-state index in [1.807, 2.05) is 20.8 Å². The van der Waals surface area contributed by atoms with Gasteiger partial charge < -0.3 is 10.1 Å². The van der Waals surface area contributed by atoms with Crippen LogP contribution in [0.5, 0.6) is 0 Å². The molecule has 0 bridgehead atoms. The average Bonchev–Trinajstić information content (AvgIpc) is 2.99. The smallest absolute Gasteiger partial charge is 0.307 e. The van der Waals surface area contributed by atoms with Crippen molar-refractivity contribution in [3.63, 3.8) is 0 Å². The van der Waals surface area contributed by atoms with E-state index in [-0.39, 0.29) is 17.3 Å². The van der Waals surface area contributed by atoms with E-state index in [1.165, 1.54) is 12.4 Å². The maximum absolute atomic E-state index is 10.4. The first-order valence-corrected chi connectivity index (χ1v) is 6.34. The van der Waals surface area contributed by atoms with Gasteiger partial charge in [-0.3, -0.25) is 19.6 Å². The van der Waals surface area contributed by atoms with Gasteiger partial charge in [0.1, 0.15) is 18.0 Å². The summed E-state index contributed by atoms with van der Waals surface area (Å²) in [6, 6.07) is 0.272. The summed E-state index contributed by atoms with van der Waals surface area (Å²) in [5.74, 6) is 0. The Morgan fingerprint density at radius 3 is 2.65 bits per heavy atom. The Hall–Kier alpha value is -1.96. The predicted octanol–water partition coefficient (Wildman–Crippen LogP) is 1.28. The van der Waals surface area contributed by atoms with E-state index >= 15 is 0 Å². The zero-order valence-corrected chi connectivity index (χ0v) is 11.9. The second kappa shape index (κ2) is 6.99. The van der Waals surface area contributed by atoms with Crippen LogP contribution in [0.2, 0.25) is 0 Å². The molecule has 112 valence electrons. The summed E-state index contributed by atoms with van der Waals surface area (Å²) < 4.78 is 6.21. The van der Waals surface area contributed by atoms with Gasteiger partial charge in [-0.05, 0) is 33.7 Å². The molecule has 1 N–H and O–H groups in total. The summed E-state index contributed by atoms with van der Waals surface area (Å²) in [6.07, 6.45) is 3.76. The van der Waals surface area contributed by atoms with Crippen LogP contribution in [0.4, 0.5) is 5.69 Å². The second-order valence-corrected chi connectivity index (χ2v) is 5.41. The fourth-order valence-electron chi connectivity index (χ4n) is 1.63. The lowest BCUT2D eigenvalue weighted by atomic mass is 10.2. The lowest BCUT2D eigenvalue weighted by molar-refractivity contribution is -0.385. The molecule has 2 rings (SSSR count). The number of aromatic nitrogens is 2. The average molecular weight is 284 g/mol. The number of rotatable bonds is 3. The number of hydrogen-bond acceptors (Lipinski definition) is 6. The maximum atomic E-state index is 10.4. The van der Waals surface area contributed by atoms with Crippen LogP contribution in [0.1, 0.15) is 33.2 Å². The second-order valence-electron chi connectivity index (χ2n) is 5.41. The molecule has 20 heavy (non-hydrogen) atoms. The number of hydrogen-bond donors (Lipinski definition) is 1. The molecule has 1 aliphatic rings. The van der Waals surface area contributed by atoms with Gasteiger partial charge in [-0.1, -0.05) is 0 Å². The Kier molecular flexibility index (Phi) is 5.63. The van der Waals surface area contributed by atoms with Crippen LogP contribution in [0.3, 0.4) is 0 Å². The highest BCUT2D eigenvalue weighted by Crippen LogP contribution is 2.17. The van der Waals surface area contributed by atoms with E-state index in [4.69, 9.17) is 0 Å². The molecule has 8 nitrogen and oxygen atoms in total. The van der Waals surface area contributed by atoms with E-state index in [0.717, 1.165) is 19.5 Å². The topological polar surface area (TPSA) is 99.3 Å². The minimum absolute atomic E-state index is 0.0619. The van der Waals surface area contributed by atoms with Gasteiger partial charge in [0.25, 0.3) is 6.47 Å². The number of nitro groups is 1. The molecule has 1 aromatic rings. The minimum Gasteiger partial charge on any atom is -0.462 e. The van der Waals surface area contributed by atoms with Crippen molar-refractivity contribution in [2.45, 2.75) is 38.8 Å². The first-order valence-electron chi connectivity index (χ1n) is 6.34. The molecule has 0 aliphatic carbocycles. The van der Waals surface area contributed by atoms with Crippen LogP contribution in [-0.4, -0.2) is 39.9 Å². The van der Waals surface area contributed by atoms with Crippen LogP contribution in [0.15, 0.2) is 12.4 Å². The Balaban J connectivity index is 0.000000246. The van der Waals surface area contributed by atoms with Gasteiger partial charge in [0, 0.05) is 6.54 Å². The summed E-state index contributed by atoms with van der Waals surface area (Å²) in [5, 5.41) is 17.5. The fraction of sp³-hybridized carbons (Fsp3) is 0.667. The van der Waals surface area contributed by atoms with Crippen molar-refractivity contribution in [2.75, 3.05) is 13.1 Å². The number of nitrogens with zero attached hydrogens (tertiary/aromatic N) is 3. The van der Waals surface area contributed by atoms with Gasteiger partial charge in [0.05, 0.1) is 11.0 Å². The highest BCUT2D eigenvalue weighted by Gasteiger charge is 2.19. The molecule has 1 aliphatic heterocycles. The Morgan fingerprint density at radius 1 is 1.60 bits per heavy atom. The van der Waals surface area contributed by atoms with E-state index in [1.54, 1.807) is 4.68 Å². The molecule has 8 heteroatoms. The first-order chi connectivity index (χ1) is 9.33. The first kappa shape index (κ1) is 16.1. The van der Waals surface area contributed by atoms with Crippen molar-refractivity contribution in [1.29, 1.82) is 0 Å². The maximum Gasteiger partial charge on any atom is 0.307 e. The number of carbonyl (C=O) groups is 1. The van der Waals surface area contributed by atoms with Gasteiger partial charge >= 0.3 is 5.69 Å². The normalized spacial score (nSPS) is 18.1. The van der Waals surface area contributed by atoms with Crippen LogP contribution < -0.4 is 5.32 Å². The van der Waals surface area contributed by atoms with Crippen LogP contribution in [-0.2, 0) is 9.53 Å². The molecule has 1 unspecified atom stereocenters. The summed E-state index contributed by atoms with van der Waals surface area (Å²) in [4.78, 5) is 19.5. The molecule has 0 aromatic carbocycles. The zero-order valence-electron chi connectivity index (χ0n) is 11.9. The molecule has 1 saturated heterocycles. The van der Waals surface area contributed by atoms with Crippen molar-refractivity contribution in [1.82, 2.24) is 15.1 Å². The molecule has 0 amide bonds. The summed E-state index contributed by atoms with van der Waals surface area (Å²) in [5.41, 5.74) is -0.256. The van der Waals surface area contributed by atoms with Crippen molar-refractivity contribution >= 4 is 12.2 Å². The van der Waals surface area contributed by atoms with Crippen molar-refractivity contribution in [3.05, 3.63) is 22.5 Å². The standard InChI is InChI=1S/C7H10N4O2.C5H10O2/c12-11(13)7-4-9-10(5-7)6-1-2-8-3-6;1-5(2,3)7-4-6/h4-6,8H,1-3H2;4H,1-3H3. The Morgan fingerprint density at radius 2 is 2.30 bits per heavy atom. The third kappa shape index (κ3) is 5.35. The van der Waals surface area contributed by atoms with E-state index < -0.39 is 4.92 Å². The molecule has 0 saturated carbocycles.